The van der Waals surface area contributed by atoms with Gasteiger partial charge in [-0.25, -0.2) is 13.2 Å². The van der Waals surface area contributed by atoms with E-state index in [1.165, 1.54) is 10.4 Å². The number of carbonyl (C=O) groups excluding carboxylic acids is 1. The molecule has 1 fully saturated rings. The van der Waals surface area contributed by atoms with E-state index in [1.54, 1.807) is 37.3 Å². The molecule has 0 saturated carbocycles. The molecule has 0 unspecified atom stereocenters. The molecule has 0 bridgehead atoms. The second-order valence-electron chi connectivity index (χ2n) is 6.85. The smallest absolute Gasteiger partial charge is 0.343 e. The first-order valence-corrected chi connectivity index (χ1v) is 10.6. The standard InChI is InChI=1S/C20H21NO6S/c1-14-5-6-15(11-19(14)28(23,24)21-9-3-2-4-10-21)20(22)27-16-7-8-17-18(12-16)26-13-25-17/h5-8,11-12H,2-4,9-10,13H2,1H3. The van der Waals surface area contributed by atoms with E-state index in [0.29, 0.717) is 35.9 Å². The Morgan fingerprint density at radius 1 is 1.00 bits per heavy atom. The van der Waals surface area contributed by atoms with Gasteiger partial charge in [0.05, 0.1) is 10.5 Å². The Kier molecular flexibility index (Phi) is 4.99. The number of aryl methyl sites for hydroxylation is 1. The summed E-state index contributed by atoms with van der Waals surface area (Å²) in [7, 11) is -3.64. The highest BCUT2D eigenvalue weighted by Gasteiger charge is 2.28. The number of rotatable bonds is 4. The molecule has 7 nitrogen and oxygen atoms in total. The van der Waals surface area contributed by atoms with Crippen LogP contribution in [0.3, 0.4) is 0 Å². The van der Waals surface area contributed by atoms with Crippen molar-refractivity contribution in [3.05, 3.63) is 47.5 Å². The fourth-order valence-corrected chi connectivity index (χ4v) is 5.12. The van der Waals surface area contributed by atoms with Gasteiger partial charge in [0.15, 0.2) is 11.5 Å². The first-order valence-electron chi connectivity index (χ1n) is 9.18. The average Bonchev–Trinajstić information content (AvgIpc) is 3.16. The van der Waals surface area contributed by atoms with Gasteiger partial charge in [0.25, 0.3) is 0 Å². The van der Waals surface area contributed by atoms with E-state index in [2.05, 4.69) is 0 Å². The highest BCUT2D eigenvalue weighted by atomic mass is 32.2. The molecule has 2 aliphatic heterocycles. The van der Waals surface area contributed by atoms with E-state index in [-0.39, 0.29) is 17.3 Å². The van der Waals surface area contributed by atoms with Gasteiger partial charge >= 0.3 is 5.97 Å². The normalized spacial score (nSPS) is 16.8. The maximum absolute atomic E-state index is 13.0. The maximum Gasteiger partial charge on any atom is 0.343 e. The second-order valence-corrected chi connectivity index (χ2v) is 8.76. The highest BCUT2D eigenvalue weighted by molar-refractivity contribution is 7.89. The lowest BCUT2D eigenvalue weighted by atomic mass is 10.1. The Balaban J connectivity index is 1.58. The van der Waals surface area contributed by atoms with Crippen LogP contribution in [0.2, 0.25) is 0 Å². The summed E-state index contributed by atoms with van der Waals surface area (Å²) < 4.78 is 43.4. The number of fused-ring (bicyclic) bond motifs is 1. The monoisotopic (exact) mass is 403 g/mol. The lowest BCUT2D eigenvalue weighted by Crippen LogP contribution is -2.36. The van der Waals surface area contributed by atoms with Gasteiger partial charge in [-0.15, -0.1) is 0 Å². The zero-order chi connectivity index (χ0) is 19.7. The number of hydrogen-bond donors (Lipinski definition) is 0. The molecule has 0 spiro atoms. The molecular formula is C20H21NO6S. The first-order chi connectivity index (χ1) is 13.4. The van der Waals surface area contributed by atoms with Gasteiger partial charge < -0.3 is 14.2 Å². The Hall–Kier alpha value is -2.58. The van der Waals surface area contributed by atoms with Gasteiger partial charge in [-0.05, 0) is 49.6 Å². The summed E-state index contributed by atoms with van der Waals surface area (Å²) in [6.45, 7) is 2.87. The molecule has 0 amide bonds. The lowest BCUT2D eigenvalue weighted by molar-refractivity contribution is 0.0734. The fraction of sp³-hybridized carbons (Fsp3) is 0.350. The number of piperidine rings is 1. The summed E-state index contributed by atoms with van der Waals surface area (Å²) in [5, 5.41) is 0. The lowest BCUT2D eigenvalue weighted by Gasteiger charge is -2.26. The number of carbonyl (C=O) groups is 1. The van der Waals surface area contributed by atoms with Crippen LogP contribution < -0.4 is 14.2 Å². The number of nitrogens with zero attached hydrogens (tertiary/aromatic N) is 1. The Morgan fingerprint density at radius 2 is 1.75 bits per heavy atom. The van der Waals surface area contributed by atoms with Gasteiger partial charge in [-0.2, -0.15) is 4.31 Å². The summed E-state index contributed by atoms with van der Waals surface area (Å²) >= 11 is 0. The van der Waals surface area contributed by atoms with Crippen molar-refractivity contribution in [3.63, 3.8) is 0 Å². The van der Waals surface area contributed by atoms with Crippen LogP contribution in [0.5, 0.6) is 17.2 Å². The predicted octanol–water partition coefficient (Wildman–Crippen LogP) is 3.12. The van der Waals surface area contributed by atoms with Crippen molar-refractivity contribution in [2.75, 3.05) is 19.9 Å². The minimum atomic E-state index is -3.64. The number of sulfonamides is 1. The number of hydrogen-bond acceptors (Lipinski definition) is 6. The van der Waals surface area contributed by atoms with Crippen molar-refractivity contribution >= 4 is 16.0 Å². The molecule has 8 heteroatoms. The molecular weight excluding hydrogens is 382 g/mol. The zero-order valence-electron chi connectivity index (χ0n) is 15.5. The van der Waals surface area contributed by atoms with Crippen LogP contribution in [0, 0.1) is 6.92 Å². The molecule has 0 radical (unpaired) electrons. The molecule has 4 rings (SSSR count). The van der Waals surface area contributed by atoms with Crippen molar-refractivity contribution < 1.29 is 27.4 Å². The molecule has 0 N–H and O–H groups in total. The topological polar surface area (TPSA) is 82.1 Å². The first kappa shape index (κ1) is 18.8. The Bertz CT molecular complexity index is 1010. The van der Waals surface area contributed by atoms with Crippen LogP contribution >= 0.6 is 0 Å². The molecule has 2 aliphatic rings. The van der Waals surface area contributed by atoms with E-state index in [9.17, 15) is 13.2 Å². The van der Waals surface area contributed by atoms with Crippen molar-refractivity contribution in [1.29, 1.82) is 0 Å². The molecule has 1 saturated heterocycles. The number of benzene rings is 2. The number of esters is 1. The van der Waals surface area contributed by atoms with Crippen molar-refractivity contribution in [3.8, 4) is 17.2 Å². The highest BCUT2D eigenvalue weighted by Crippen LogP contribution is 2.35. The van der Waals surface area contributed by atoms with Gasteiger partial charge in [0, 0.05) is 19.2 Å². The second kappa shape index (κ2) is 7.44. The van der Waals surface area contributed by atoms with E-state index in [1.807, 2.05) is 0 Å². The van der Waals surface area contributed by atoms with Crippen LogP contribution in [0.25, 0.3) is 0 Å². The fourth-order valence-electron chi connectivity index (χ4n) is 3.36. The third kappa shape index (κ3) is 3.57. The van der Waals surface area contributed by atoms with E-state index in [4.69, 9.17) is 14.2 Å². The summed E-state index contributed by atoms with van der Waals surface area (Å²) in [4.78, 5) is 12.7. The molecule has 28 heavy (non-hydrogen) atoms. The zero-order valence-corrected chi connectivity index (χ0v) is 16.3. The van der Waals surface area contributed by atoms with Crippen molar-refractivity contribution in [1.82, 2.24) is 4.31 Å². The molecule has 2 aromatic carbocycles. The molecule has 2 aromatic rings. The van der Waals surface area contributed by atoms with Crippen LogP contribution in [0.1, 0.15) is 35.2 Å². The quantitative estimate of drug-likeness (QED) is 0.576. The largest absolute Gasteiger partial charge is 0.454 e. The van der Waals surface area contributed by atoms with E-state index >= 15 is 0 Å². The van der Waals surface area contributed by atoms with E-state index in [0.717, 1.165) is 19.3 Å². The van der Waals surface area contributed by atoms with Crippen LogP contribution in [-0.2, 0) is 10.0 Å². The summed E-state index contributed by atoms with van der Waals surface area (Å²) in [6, 6.07) is 9.43. The minimum Gasteiger partial charge on any atom is -0.454 e. The molecule has 148 valence electrons. The Morgan fingerprint density at radius 3 is 2.54 bits per heavy atom. The van der Waals surface area contributed by atoms with Crippen LogP contribution in [0.4, 0.5) is 0 Å². The van der Waals surface area contributed by atoms with Gasteiger partial charge in [-0.1, -0.05) is 12.5 Å². The van der Waals surface area contributed by atoms with Crippen LogP contribution in [-0.4, -0.2) is 38.6 Å². The summed E-state index contributed by atoms with van der Waals surface area (Å²) in [6.07, 6.45) is 2.74. The SMILES string of the molecule is Cc1ccc(C(=O)Oc2ccc3c(c2)OCO3)cc1S(=O)(=O)N1CCCCC1. The minimum absolute atomic E-state index is 0.127. The molecule has 2 heterocycles. The van der Waals surface area contributed by atoms with Crippen molar-refractivity contribution in [2.45, 2.75) is 31.1 Å². The average molecular weight is 403 g/mol. The van der Waals surface area contributed by atoms with Gasteiger partial charge in [-0.3, -0.25) is 0 Å². The van der Waals surface area contributed by atoms with E-state index < -0.39 is 16.0 Å². The molecule has 0 aromatic heterocycles. The molecule has 0 atom stereocenters. The predicted molar refractivity (Wildman–Crippen MR) is 101 cm³/mol. The third-order valence-electron chi connectivity index (χ3n) is 4.91. The Labute approximate surface area is 163 Å². The van der Waals surface area contributed by atoms with Crippen LogP contribution in [0.15, 0.2) is 41.3 Å². The third-order valence-corrected chi connectivity index (χ3v) is 6.95. The summed E-state index contributed by atoms with van der Waals surface area (Å²) in [5.74, 6) is 0.761. The summed E-state index contributed by atoms with van der Waals surface area (Å²) in [5.41, 5.74) is 0.782. The van der Waals surface area contributed by atoms with Gasteiger partial charge in [0.1, 0.15) is 5.75 Å². The number of ether oxygens (including phenoxy) is 3. The van der Waals surface area contributed by atoms with Crippen molar-refractivity contribution in [2.24, 2.45) is 0 Å². The maximum atomic E-state index is 13.0. The molecule has 0 aliphatic carbocycles. The van der Waals surface area contributed by atoms with Gasteiger partial charge in [0.2, 0.25) is 16.8 Å².